The molecule has 18 heavy (non-hydrogen) atoms. The van der Waals surface area contributed by atoms with Crippen molar-refractivity contribution in [2.45, 2.75) is 38.6 Å². The lowest BCUT2D eigenvalue weighted by Gasteiger charge is -2.28. The second-order valence-corrected chi connectivity index (χ2v) is 5.53. The third-order valence-corrected chi connectivity index (χ3v) is 3.33. The summed E-state index contributed by atoms with van der Waals surface area (Å²) in [6, 6.07) is 8.47. The van der Waals surface area contributed by atoms with E-state index in [4.69, 9.17) is 5.11 Å². The monoisotopic (exact) mass is 251 g/mol. The molecule has 1 atom stereocenters. The number of aliphatic hydroxyl groups is 2. The first-order valence-corrected chi connectivity index (χ1v) is 6.52. The van der Waals surface area contributed by atoms with Gasteiger partial charge in [0, 0.05) is 24.6 Å². The average Bonchev–Trinajstić information content (AvgIpc) is 2.34. The molecule has 0 aromatic heterocycles. The van der Waals surface area contributed by atoms with Gasteiger partial charge < -0.3 is 15.5 Å². The highest BCUT2D eigenvalue weighted by molar-refractivity contribution is 5.28. The van der Waals surface area contributed by atoms with Gasteiger partial charge in [0.05, 0.1) is 6.61 Å². The molecular weight excluding hydrogens is 226 g/mol. The molecule has 0 fully saturated rings. The summed E-state index contributed by atoms with van der Waals surface area (Å²) in [4.78, 5) is 0. The van der Waals surface area contributed by atoms with Gasteiger partial charge in [-0.25, -0.2) is 0 Å². The Labute approximate surface area is 110 Å². The van der Waals surface area contributed by atoms with Gasteiger partial charge in [-0.05, 0) is 18.9 Å². The Balaban J connectivity index is 2.64. The highest BCUT2D eigenvalue weighted by Crippen LogP contribution is 2.23. The van der Waals surface area contributed by atoms with E-state index in [0.717, 1.165) is 6.54 Å². The van der Waals surface area contributed by atoms with Crippen LogP contribution in [0.15, 0.2) is 24.3 Å². The number of aryl methyl sites for hydroxylation is 1. The fourth-order valence-electron chi connectivity index (χ4n) is 1.98. The van der Waals surface area contributed by atoms with Crippen molar-refractivity contribution in [1.29, 1.82) is 0 Å². The summed E-state index contributed by atoms with van der Waals surface area (Å²) >= 11 is 0. The third kappa shape index (κ3) is 4.41. The van der Waals surface area contributed by atoms with Crippen LogP contribution in [0.5, 0.6) is 0 Å². The zero-order valence-electron chi connectivity index (χ0n) is 11.6. The van der Waals surface area contributed by atoms with Crippen molar-refractivity contribution < 1.29 is 10.2 Å². The first kappa shape index (κ1) is 15.2. The lowest BCUT2D eigenvalue weighted by Crippen LogP contribution is -2.41. The number of hydrogen-bond acceptors (Lipinski definition) is 3. The molecule has 1 aromatic carbocycles. The summed E-state index contributed by atoms with van der Waals surface area (Å²) in [6.07, 6.45) is 0.584. The van der Waals surface area contributed by atoms with Crippen LogP contribution >= 0.6 is 0 Å². The Morgan fingerprint density at radius 3 is 2.56 bits per heavy atom. The van der Waals surface area contributed by atoms with Crippen LogP contribution < -0.4 is 5.32 Å². The summed E-state index contributed by atoms with van der Waals surface area (Å²) in [5, 5.41) is 21.4. The third-order valence-electron chi connectivity index (χ3n) is 3.33. The van der Waals surface area contributed by atoms with Gasteiger partial charge in [-0.1, -0.05) is 43.7 Å². The normalized spacial score (nSPS) is 13.6. The molecule has 1 unspecified atom stereocenters. The molecule has 0 saturated carbocycles. The quantitative estimate of drug-likeness (QED) is 0.690. The molecule has 0 aliphatic rings. The molecule has 1 aromatic rings. The molecule has 102 valence electrons. The zero-order chi connectivity index (χ0) is 13.6. The smallest absolute Gasteiger partial charge is 0.0585 e. The molecule has 0 aliphatic heterocycles. The predicted molar refractivity (Wildman–Crippen MR) is 74.8 cm³/mol. The van der Waals surface area contributed by atoms with Crippen molar-refractivity contribution in [1.82, 2.24) is 5.32 Å². The molecule has 0 bridgehead atoms. The van der Waals surface area contributed by atoms with Gasteiger partial charge >= 0.3 is 0 Å². The maximum Gasteiger partial charge on any atom is 0.0585 e. The highest BCUT2D eigenvalue weighted by Gasteiger charge is 2.21. The Bertz CT molecular complexity index is 363. The van der Waals surface area contributed by atoms with Gasteiger partial charge in [0.15, 0.2) is 0 Å². The van der Waals surface area contributed by atoms with Crippen LogP contribution in [-0.2, 0) is 5.41 Å². The molecule has 0 amide bonds. The molecule has 0 radical (unpaired) electrons. The maximum absolute atomic E-state index is 9.20. The topological polar surface area (TPSA) is 52.5 Å². The van der Waals surface area contributed by atoms with E-state index in [1.54, 1.807) is 0 Å². The van der Waals surface area contributed by atoms with E-state index in [9.17, 15) is 5.11 Å². The van der Waals surface area contributed by atoms with Crippen molar-refractivity contribution >= 4 is 0 Å². The van der Waals surface area contributed by atoms with E-state index in [1.165, 1.54) is 11.1 Å². The molecule has 1 rings (SSSR count). The summed E-state index contributed by atoms with van der Waals surface area (Å²) in [5.41, 5.74) is 2.56. The van der Waals surface area contributed by atoms with Gasteiger partial charge in [0.1, 0.15) is 0 Å². The first-order chi connectivity index (χ1) is 8.49. The molecule has 0 aliphatic carbocycles. The van der Waals surface area contributed by atoms with Crippen molar-refractivity contribution in [2.24, 2.45) is 0 Å². The fourth-order valence-corrected chi connectivity index (χ4v) is 1.98. The lowest BCUT2D eigenvalue weighted by molar-refractivity contribution is 0.195. The fraction of sp³-hybridized carbons (Fsp3) is 0.600. The highest BCUT2D eigenvalue weighted by atomic mass is 16.3. The summed E-state index contributed by atoms with van der Waals surface area (Å²) < 4.78 is 0. The molecule has 0 spiro atoms. The number of nitrogens with one attached hydrogen (secondary N) is 1. The number of rotatable bonds is 7. The van der Waals surface area contributed by atoms with Gasteiger partial charge in [-0.2, -0.15) is 0 Å². The zero-order valence-corrected chi connectivity index (χ0v) is 11.6. The Morgan fingerprint density at radius 2 is 2.00 bits per heavy atom. The van der Waals surface area contributed by atoms with Crippen LogP contribution in [0.4, 0.5) is 0 Å². The van der Waals surface area contributed by atoms with Crippen LogP contribution in [0.1, 0.15) is 31.4 Å². The van der Waals surface area contributed by atoms with Crippen LogP contribution in [-0.4, -0.2) is 36.0 Å². The summed E-state index contributed by atoms with van der Waals surface area (Å²) in [6.45, 7) is 7.40. The van der Waals surface area contributed by atoms with Gasteiger partial charge in [0.2, 0.25) is 0 Å². The molecular formula is C15H25NO2. The van der Waals surface area contributed by atoms with E-state index in [2.05, 4.69) is 50.4 Å². The maximum atomic E-state index is 9.20. The van der Waals surface area contributed by atoms with E-state index < -0.39 is 0 Å². The second kappa shape index (κ2) is 6.88. The summed E-state index contributed by atoms with van der Waals surface area (Å²) in [7, 11) is 0. The molecule has 3 nitrogen and oxygen atoms in total. The van der Waals surface area contributed by atoms with Crippen LogP contribution in [0, 0.1) is 6.92 Å². The molecule has 0 saturated heterocycles. The van der Waals surface area contributed by atoms with Crippen molar-refractivity contribution in [3.8, 4) is 0 Å². The number of aliphatic hydroxyl groups excluding tert-OH is 2. The van der Waals surface area contributed by atoms with Crippen LogP contribution in [0.2, 0.25) is 0 Å². The lowest BCUT2D eigenvalue weighted by atomic mass is 9.83. The Hall–Kier alpha value is -0.900. The minimum Gasteiger partial charge on any atom is -0.396 e. The van der Waals surface area contributed by atoms with Crippen LogP contribution in [0.3, 0.4) is 0 Å². The van der Waals surface area contributed by atoms with Gasteiger partial charge in [-0.15, -0.1) is 0 Å². The van der Waals surface area contributed by atoms with Crippen LogP contribution in [0.25, 0.3) is 0 Å². The van der Waals surface area contributed by atoms with E-state index >= 15 is 0 Å². The van der Waals surface area contributed by atoms with E-state index in [1.807, 2.05) is 0 Å². The van der Waals surface area contributed by atoms with Crippen molar-refractivity contribution in [3.05, 3.63) is 35.4 Å². The van der Waals surface area contributed by atoms with Gasteiger partial charge in [-0.3, -0.25) is 0 Å². The van der Waals surface area contributed by atoms with Gasteiger partial charge in [0.25, 0.3) is 0 Å². The predicted octanol–water partition coefficient (Wildman–Crippen LogP) is 1.61. The van der Waals surface area contributed by atoms with Crippen molar-refractivity contribution in [3.63, 3.8) is 0 Å². The van der Waals surface area contributed by atoms with E-state index in [-0.39, 0.29) is 24.7 Å². The minimum absolute atomic E-state index is 0.00883. The van der Waals surface area contributed by atoms with Crippen molar-refractivity contribution in [2.75, 3.05) is 19.8 Å². The summed E-state index contributed by atoms with van der Waals surface area (Å²) in [5.74, 6) is 0. The standard InChI is InChI=1S/C15H25NO2/c1-12-5-4-6-13(9-12)15(2,3)11-16-14(10-18)7-8-17/h4-6,9,14,16-18H,7-8,10-11H2,1-3H3. The minimum atomic E-state index is -0.0286. The number of hydrogen-bond donors (Lipinski definition) is 3. The molecule has 3 heteroatoms. The van der Waals surface area contributed by atoms with E-state index in [0.29, 0.717) is 6.42 Å². The average molecular weight is 251 g/mol. The first-order valence-electron chi connectivity index (χ1n) is 6.52. The SMILES string of the molecule is Cc1cccc(C(C)(C)CNC(CO)CCO)c1. The largest absolute Gasteiger partial charge is 0.396 e. The molecule has 0 heterocycles. The molecule has 3 N–H and O–H groups in total. The second-order valence-electron chi connectivity index (χ2n) is 5.53. The Morgan fingerprint density at radius 1 is 1.28 bits per heavy atom. The number of benzene rings is 1. The Kier molecular flexibility index (Phi) is 5.79.